The minimum Gasteiger partial charge on any atom is -0.467 e. The molecule has 0 radical (unpaired) electrons. The van der Waals surface area contributed by atoms with Crippen molar-refractivity contribution in [1.82, 2.24) is 9.97 Å². The van der Waals surface area contributed by atoms with Gasteiger partial charge in [0.25, 0.3) is 0 Å². The van der Waals surface area contributed by atoms with Gasteiger partial charge in [0, 0.05) is 6.54 Å². The molecular formula is C24H26N4O7. The number of carbonyl (C=O) groups is 2. The number of furan rings is 1. The molecule has 0 unspecified atom stereocenters. The molecule has 184 valence electrons. The van der Waals surface area contributed by atoms with Gasteiger partial charge in [-0.2, -0.15) is 4.98 Å². The highest BCUT2D eigenvalue weighted by Crippen LogP contribution is 2.38. The van der Waals surface area contributed by atoms with Crippen LogP contribution in [0.5, 0.6) is 11.6 Å². The average Bonchev–Trinajstić information content (AvgIpc) is 3.31. The van der Waals surface area contributed by atoms with Crippen LogP contribution >= 0.6 is 0 Å². The second-order valence-corrected chi connectivity index (χ2v) is 7.75. The van der Waals surface area contributed by atoms with Crippen LogP contribution in [0.25, 0.3) is 0 Å². The number of benzene rings is 1. The molecule has 0 amide bonds. The van der Waals surface area contributed by atoms with Gasteiger partial charge in [-0.05, 0) is 63.1 Å². The van der Waals surface area contributed by atoms with Crippen LogP contribution in [-0.4, -0.2) is 39.8 Å². The Bertz CT molecular complexity index is 1220. The maximum atomic E-state index is 12.2. The fraction of sp³-hybridized carbons (Fsp3) is 0.333. The van der Waals surface area contributed by atoms with E-state index in [9.17, 15) is 19.7 Å². The lowest BCUT2D eigenvalue weighted by Crippen LogP contribution is -2.28. The van der Waals surface area contributed by atoms with Gasteiger partial charge in [-0.3, -0.25) is 19.7 Å². The van der Waals surface area contributed by atoms with Crippen molar-refractivity contribution in [1.29, 1.82) is 0 Å². The van der Waals surface area contributed by atoms with Gasteiger partial charge in [-0.1, -0.05) is 0 Å². The number of ether oxygens (including phenoxy) is 2. The Hall–Kier alpha value is -4.28. The molecule has 0 aliphatic rings. The summed E-state index contributed by atoms with van der Waals surface area (Å²) in [6.45, 7) is 7.17. The zero-order valence-electron chi connectivity index (χ0n) is 19.9. The summed E-state index contributed by atoms with van der Waals surface area (Å²) < 4.78 is 16.2. The summed E-state index contributed by atoms with van der Waals surface area (Å²) in [4.78, 5) is 45.3. The van der Waals surface area contributed by atoms with E-state index in [2.05, 4.69) is 9.97 Å². The van der Waals surface area contributed by atoms with Crippen LogP contribution in [0.2, 0.25) is 0 Å². The van der Waals surface area contributed by atoms with Crippen molar-refractivity contribution < 1.29 is 28.4 Å². The van der Waals surface area contributed by atoms with E-state index in [4.69, 9.17) is 13.9 Å². The number of aryl methyl sites for hydroxylation is 2. The fourth-order valence-electron chi connectivity index (χ4n) is 3.38. The first-order valence-corrected chi connectivity index (χ1v) is 10.9. The quantitative estimate of drug-likeness (QED) is 0.165. The number of hydrogen-bond acceptors (Lipinski definition) is 10. The van der Waals surface area contributed by atoms with Crippen molar-refractivity contribution in [3.8, 4) is 11.6 Å². The van der Waals surface area contributed by atoms with Crippen LogP contribution in [0.3, 0.4) is 0 Å². The Morgan fingerprint density at radius 2 is 1.94 bits per heavy atom. The maximum Gasteiger partial charge on any atom is 0.373 e. The Morgan fingerprint density at radius 1 is 1.20 bits per heavy atom. The Labute approximate surface area is 201 Å². The van der Waals surface area contributed by atoms with Gasteiger partial charge < -0.3 is 18.8 Å². The minimum atomic E-state index is -0.654. The van der Waals surface area contributed by atoms with E-state index in [0.717, 1.165) is 17.5 Å². The first kappa shape index (κ1) is 25.3. The number of anilines is 1. The van der Waals surface area contributed by atoms with Crippen molar-refractivity contribution in [2.75, 3.05) is 18.1 Å². The molecule has 0 aliphatic carbocycles. The summed E-state index contributed by atoms with van der Waals surface area (Å²) in [5, 5.41) is 12.2. The SMILES string of the molecule is CCOC(=O)CCN(Cc1ccco1)c1ncnc(Oc2cc(C)c(C)cc2C(C)=O)c1[N+](=O)[O-]. The van der Waals surface area contributed by atoms with Crippen LogP contribution in [0.4, 0.5) is 11.5 Å². The van der Waals surface area contributed by atoms with Crippen molar-refractivity contribution in [3.05, 3.63) is 69.4 Å². The molecule has 0 fully saturated rings. The number of esters is 1. The number of nitro groups is 1. The van der Waals surface area contributed by atoms with Crippen molar-refractivity contribution in [2.24, 2.45) is 0 Å². The van der Waals surface area contributed by atoms with Gasteiger partial charge in [-0.25, -0.2) is 4.98 Å². The molecule has 2 aromatic heterocycles. The minimum absolute atomic E-state index is 0.0302. The maximum absolute atomic E-state index is 12.2. The standard InChI is InChI=1S/C24H26N4O7/c1-5-33-21(30)8-9-27(13-18-7-6-10-34-18)23-22(28(31)32)24(26-14-25-23)35-20-12-16(3)15(2)11-19(20)17(4)29/h6-7,10-12,14H,5,8-9,13H2,1-4H3. The van der Waals surface area contributed by atoms with Crippen LogP contribution < -0.4 is 9.64 Å². The second-order valence-electron chi connectivity index (χ2n) is 7.75. The van der Waals surface area contributed by atoms with E-state index in [1.165, 1.54) is 18.1 Å². The third-order valence-electron chi connectivity index (χ3n) is 5.25. The number of Topliss-reactive ketones (excluding diaryl/α,β-unsaturated/α-hetero) is 1. The molecule has 1 aromatic carbocycles. The first-order chi connectivity index (χ1) is 16.7. The van der Waals surface area contributed by atoms with Gasteiger partial charge in [0.15, 0.2) is 5.78 Å². The molecule has 2 heterocycles. The normalized spacial score (nSPS) is 10.6. The Balaban J connectivity index is 2.05. The summed E-state index contributed by atoms with van der Waals surface area (Å²) in [5.41, 5.74) is 1.49. The number of ketones is 1. The Morgan fingerprint density at radius 3 is 2.57 bits per heavy atom. The lowest BCUT2D eigenvalue weighted by Gasteiger charge is -2.22. The molecule has 0 saturated heterocycles. The number of hydrogen-bond donors (Lipinski definition) is 0. The predicted molar refractivity (Wildman–Crippen MR) is 126 cm³/mol. The lowest BCUT2D eigenvalue weighted by molar-refractivity contribution is -0.385. The Kier molecular flexibility index (Phi) is 8.13. The highest BCUT2D eigenvalue weighted by molar-refractivity contribution is 5.97. The molecule has 0 spiro atoms. The van der Waals surface area contributed by atoms with Gasteiger partial charge in [0.05, 0.1) is 36.3 Å². The zero-order chi connectivity index (χ0) is 25.5. The van der Waals surface area contributed by atoms with Gasteiger partial charge in [-0.15, -0.1) is 0 Å². The summed E-state index contributed by atoms with van der Waals surface area (Å²) in [5.74, 6) is -0.435. The molecule has 0 saturated carbocycles. The van der Waals surface area contributed by atoms with Crippen molar-refractivity contribution in [3.63, 3.8) is 0 Å². The molecular weight excluding hydrogens is 456 g/mol. The third-order valence-corrected chi connectivity index (χ3v) is 5.25. The number of nitrogens with zero attached hydrogens (tertiary/aromatic N) is 4. The van der Waals surface area contributed by atoms with Crippen LogP contribution in [-0.2, 0) is 16.1 Å². The van der Waals surface area contributed by atoms with E-state index in [-0.39, 0.29) is 54.9 Å². The van der Waals surface area contributed by atoms with E-state index in [1.54, 1.807) is 31.2 Å². The van der Waals surface area contributed by atoms with Gasteiger partial charge in [0.1, 0.15) is 17.8 Å². The molecule has 11 heteroatoms. The first-order valence-electron chi connectivity index (χ1n) is 10.9. The summed E-state index contributed by atoms with van der Waals surface area (Å²) in [7, 11) is 0. The van der Waals surface area contributed by atoms with E-state index in [1.807, 2.05) is 13.8 Å². The van der Waals surface area contributed by atoms with Crippen LogP contribution in [0.15, 0.2) is 41.3 Å². The third kappa shape index (κ3) is 6.19. The van der Waals surface area contributed by atoms with Crippen LogP contribution in [0, 0.1) is 24.0 Å². The molecule has 3 rings (SSSR count). The summed E-state index contributed by atoms with van der Waals surface area (Å²) in [6.07, 6.45) is 2.58. The van der Waals surface area contributed by atoms with E-state index >= 15 is 0 Å². The monoisotopic (exact) mass is 482 g/mol. The lowest BCUT2D eigenvalue weighted by atomic mass is 10.0. The smallest absolute Gasteiger partial charge is 0.373 e. The molecule has 0 aliphatic heterocycles. The molecule has 0 bridgehead atoms. The largest absolute Gasteiger partial charge is 0.467 e. The van der Waals surface area contributed by atoms with Gasteiger partial charge >= 0.3 is 17.5 Å². The molecule has 11 nitrogen and oxygen atoms in total. The van der Waals surface area contributed by atoms with Gasteiger partial charge in [0.2, 0.25) is 5.82 Å². The number of rotatable bonds is 11. The number of carbonyl (C=O) groups excluding carboxylic acids is 2. The number of aromatic nitrogens is 2. The predicted octanol–water partition coefficient (Wildman–Crippen LogP) is 4.55. The second kappa shape index (κ2) is 11.2. The molecule has 0 atom stereocenters. The summed E-state index contributed by atoms with van der Waals surface area (Å²) in [6, 6.07) is 6.70. The zero-order valence-corrected chi connectivity index (χ0v) is 19.9. The van der Waals surface area contributed by atoms with E-state index < -0.39 is 16.6 Å². The highest BCUT2D eigenvalue weighted by Gasteiger charge is 2.30. The molecule has 3 aromatic rings. The van der Waals surface area contributed by atoms with E-state index in [0.29, 0.717) is 5.76 Å². The molecule has 0 N–H and O–H groups in total. The summed E-state index contributed by atoms with van der Waals surface area (Å²) >= 11 is 0. The van der Waals surface area contributed by atoms with Crippen molar-refractivity contribution in [2.45, 2.75) is 40.7 Å². The highest BCUT2D eigenvalue weighted by atomic mass is 16.6. The van der Waals surface area contributed by atoms with Crippen molar-refractivity contribution >= 4 is 23.3 Å². The fourth-order valence-corrected chi connectivity index (χ4v) is 3.38. The molecule has 35 heavy (non-hydrogen) atoms. The van der Waals surface area contributed by atoms with Crippen LogP contribution in [0.1, 0.15) is 47.5 Å². The average molecular weight is 482 g/mol. The topological polar surface area (TPSA) is 138 Å².